The zero-order valence-electron chi connectivity index (χ0n) is 20.1. The number of benzene rings is 1. The van der Waals surface area contributed by atoms with Crippen molar-refractivity contribution in [2.45, 2.75) is 90.5 Å². The Morgan fingerprint density at radius 3 is 2.22 bits per heavy atom. The highest BCUT2D eigenvalue weighted by Crippen LogP contribution is 2.38. The predicted octanol–water partition coefficient (Wildman–Crippen LogP) is 5.25. The molecule has 2 atom stereocenters. The summed E-state index contributed by atoms with van der Waals surface area (Å²) in [5, 5.41) is 12.6. The van der Waals surface area contributed by atoms with Gasteiger partial charge in [0.05, 0.1) is 18.8 Å². The quantitative estimate of drug-likeness (QED) is 0.474. The van der Waals surface area contributed by atoms with Crippen LogP contribution in [-0.4, -0.2) is 50.5 Å². The lowest BCUT2D eigenvalue weighted by molar-refractivity contribution is -0.0522. The molecule has 0 heterocycles. The number of ether oxygens (including phenoxy) is 2. The van der Waals surface area contributed by atoms with Crippen LogP contribution < -0.4 is 10.1 Å². The third-order valence-corrected chi connectivity index (χ3v) is 9.75. The van der Waals surface area contributed by atoms with E-state index in [9.17, 15) is 23.1 Å². The van der Waals surface area contributed by atoms with Gasteiger partial charge in [0.15, 0.2) is 19.9 Å². The van der Waals surface area contributed by atoms with Crippen LogP contribution in [0.5, 0.6) is 5.75 Å². The van der Waals surface area contributed by atoms with Crippen LogP contribution in [0, 0.1) is 5.82 Å². The number of aliphatic hydroxyl groups excluding tert-OH is 1. The average Bonchev–Trinajstić information content (AvgIpc) is 2.59. The van der Waals surface area contributed by atoms with Crippen LogP contribution in [0.25, 0.3) is 0 Å². The number of alkyl carbamates (subject to hydrolysis) is 1. The van der Waals surface area contributed by atoms with Crippen LogP contribution in [0.15, 0.2) is 18.2 Å². The minimum absolute atomic E-state index is 0.0684. The van der Waals surface area contributed by atoms with Gasteiger partial charge in [0.25, 0.3) is 0 Å². The van der Waals surface area contributed by atoms with Gasteiger partial charge in [-0.25, -0.2) is 9.18 Å². The number of carbonyl (C=O) groups excluding carboxylic acids is 1. The Kier molecular flexibility index (Phi) is 9.61. The molecule has 0 aliphatic rings. The van der Waals surface area contributed by atoms with Crippen LogP contribution >= 0.6 is 0 Å². The molecule has 0 fully saturated rings. The van der Waals surface area contributed by atoms with E-state index in [-0.39, 0.29) is 11.5 Å². The van der Waals surface area contributed by atoms with E-state index in [0.717, 1.165) is 12.1 Å². The van der Waals surface area contributed by atoms with E-state index in [1.807, 2.05) is 33.9 Å². The lowest BCUT2D eigenvalue weighted by Gasteiger charge is -2.41. The lowest BCUT2D eigenvalue weighted by Crippen LogP contribution is -2.54. The van der Waals surface area contributed by atoms with E-state index in [1.54, 1.807) is 20.8 Å². The van der Waals surface area contributed by atoms with Crippen LogP contribution in [0.2, 0.25) is 18.1 Å². The highest BCUT2D eigenvalue weighted by atomic mass is 28.4. The van der Waals surface area contributed by atoms with Crippen molar-refractivity contribution in [3.05, 3.63) is 29.6 Å². The third kappa shape index (κ3) is 8.99. The van der Waals surface area contributed by atoms with Crippen LogP contribution in [0.3, 0.4) is 0 Å². The molecular weight excluding hydrogens is 443 g/mol. The molecule has 10 heteroatoms. The summed E-state index contributed by atoms with van der Waals surface area (Å²) in [6, 6.07) is 2.79. The molecule has 1 amide bonds. The number of alkyl halides is 2. The number of carbonyl (C=O) groups is 1. The standard InChI is InChI=1S/C22H36F3NO5Si/c1-21(2,3)30-20(28)26-16(18(13-27)31-32(7,8)22(4,5)6)11-14-9-10-15(23)17(12-14)29-19(24)25/h9-10,12,16,18-19,27H,11,13H2,1-8H3,(H,26,28)/t16-,18+/m0/s1. The minimum Gasteiger partial charge on any atom is -0.444 e. The molecule has 0 radical (unpaired) electrons. The topological polar surface area (TPSA) is 77.0 Å². The maximum absolute atomic E-state index is 13.8. The van der Waals surface area contributed by atoms with Crippen molar-refractivity contribution in [1.29, 1.82) is 0 Å². The van der Waals surface area contributed by atoms with E-state index in [0.29, 0.717) is 5.56 Å². The monoisotopic (exact) mass is 479 g/mol. The summed E-state index contributed by atoms with van der Waals surface area (Å²) in [7, 11) is -2.34. The first-order chi connectivity index (χ1) is 14.4. The third-order valence-electron chi connectivity index (χ3n) is 5.25. The first-order valence-corrected chi connectivity index (χ1v) is 13.4. The molecule has 6 nitrogen and oxygen atoms in total. The van der Waals surface area contributed by atoms with Gasteiger partial charge < -0.3 is 24.3 Å². The summed E-state index contributed by atoms with van der Waals surface area (Å²) in [6.07, 6.45) is -1.45. The molecule has 32 heavy (non-hydrogen) atoms. The number of halogens is 3. The summed E-state index contributed by atoms with van der Waals surface area (Å²) in [5.74, 6) is -1.53. The van der Waals surface area contributed by atoms with Gasteiger partial charge in [-0.1, -0.05) is 26.8 Å². The second kappa shape index (κ2) is 10.9. The highest BCUT2D eigenvalue weighted by molar-refractivity contribution is 6.74. The van der Waals surface area contributed by atoms with Gasteiger partial charge >= 0.3 is 12.7 Å². The number of hydrogen-bond acceptors (Lipinski definition) is 5. The molecule has 0 bridgehead atoms. The van der Waals surface area contributed by atoms with Crippen LogP contribution in [-0.2, 0) is 15.6 Å². The highest BCUT2D eigenvalue weighted by Gasteiger charge is 2.41. The Hall–Kier alpha value is -1.78. The number of aliphatic hydroxyl groups is 1. The molecule has 0 unspecified atom stereocenters. The summed E-state index contributed by atoms with van der Waals surface area (Å²) < 4.78 is 54.9. The van der Waals surface area contributed by atoms with E-state index < -0.39 is 56.9 Å². The molecule has 0 saturated carbocycles. The van der Waals surface area contributed by atoms with Crippen LogP contribution in [0.1, 0.15) is 47.1 Å². The van der Waals surface area contributed by atoms with E-state index in [2.05, 4.69) is 10.1 Å². The van der Waals surface area contributed by atoms with Gasteiger partial charge in [-0.2, -0.15) is 8.78 Å². The van der Waals surface area contributed by atoms with Gasteiger partial charge in [-0.3, -0.25) is 0 Å². The Morgan fingerprint density at radius 1 is 1.16 bits per heavy atom. The average molecular weight is 480 g/mol. The molecule has 1 aromatic rings. The summed E-state index contributed by atoms with van der Waals surface area (Å²) in [5.41, 5.74) is -0.335. The Balaban J connectivity index is 3.23. The maximum Gasteiger partial charge on any atom is 0.407 e. The molecule has 0 aliphatic heterocycles. The van der Waals surface area contributed by atoms with E-state index in [4.69, 9.17) is 9.16 Å². The van der Waals surface area contributed by atoms with Crippen molar-refractivity contribution in [2.24, 2.45) is 0 Å². The number of nitrogens with one attached hydrogen (secondary N) is 1. The van der Waals surface area contributed by atoms with Gasteiger partial charge in [0, 0.05) is 0 Å². The second-order valence-corrected chi connectivity index (χ2v) is 15.0. The van der Waals surface area contributed by atoms with Gasteiger partial charge in [-0.05, 0) is 63.0 Å². The molecule has 2 N–H and O–H groups in total. The van der Waals surface area contributed by atoms with Crippen molar-refractivity contribution >= 4 is 14.4 Å². The molecule has 0 aromatic heterocycles. The van der Waals surface area contributed by atoms with Gasteiger partial charge in [0.1, 0.15) is 5.60 Å². The smallest absolute Gasteiger partial charge is 0.407 e. The van der Waals surface area contributed by atoms with Crippen LogP contribution in [0.4, 0.5) is 18.0 Å². The van der Waals surface area contributed by atoms with Crippen molar-refractivity contribution in [2.75, 3.05) is 6.61 Å². The van der Waals surface area contributed by atoms with E-state index in [1.165, 1.54) is 6.07 Å². The van der Waals surface area contributed by atoms with Crippen molar-refractivity contribution in [3.63, 3.8) is 0 Å². The second-order valence-electron chi connectivity index (χ2n) is 10.2. The fourth-order valence-corrected chi connectivity index (χ4v) is 4.00. The van der Waals surface area contributed by atoms with E-state index >= 15 is 0 Å². The zero-order chi connectivity index (χ0) is 24.9. The normalized spacial score (nSPS) is 14.8. The fraction of sp³-hybridized carbons (Fsp3) is 0.682. The first kappa shape index (κ1) is 28.2. The number of amides is 1. The minimum atomic E-state index is -3.18. The molecule has 0 spiro atoms. The Morgan fingerprint density at radius 2 is 1.75 bits per heavy atom. The zero-order valence-corrected chi connectivity index (χ0v) is 21.1. The lowest BCUT2D eigenvalue weighted by atomic mass is 10.0. The molecule has 0 saturated heterocycles. The van der Waals surface area contributed by atoms with Crippen molar-refractivity contribution < 1.29 is 37.0 Å². The molecule has 0 aliphatic carbocycles. The summed E-state index contributed by atoms with van der Waals surface area (Å²) >= 11 is 0. The maximum atomic E-state index is 13.8. The summed E-state index contributed by atoms with van der Waals surface area (Å²) in [6.45, 7) is 11.7. The van der Waals surface area contributed by atoms with Crippen molar-refractivity contribution in [1.82, 2.24) is 5.32 Å². The number of hydrogen-bond donors (Lipinski definition) is 2. The van der Waals surface area contributed by atoms with Gasteiger partial charge in [-0.15, -0.1) is 0 Å². The Labute approximate surface area is 189 Å². The SMILES string of the molecule is CC(C)(C)OC(=O)N[C@@H](Cc1ccc(F)c(OC(F)F)c1)[C@@H](CO)O[Si](C)(C)C(C)(C)C. The molecule has 184 valence electrons. The Bertz CT molecular complexity index is 763. The largest absolute Gasteiger partial charge is 0.444 e. The predicted molar refractivity (Wildman–Crippen MR) is 119 cm³/mol. The van der Waals surface area contributed by atoms with Gasteiger partial charge in [0.2, 0.25) is 0 Å². The molecular formula is C22H36F3NO5Si. The first-order valence-electron chi connectivity index (χ1n) is 10.5. The molecule has 1 aromatic carbocycles. The number of rotatable bonds is 9. The molecule has 1 rings (SSSR count). The summed E-state index contributed by atoms with van der Waals surface area (Å²) in [4.78, 5) is 12.5. The van der Waals surface area contributed by atoms with Crippen molar-refractivity contribution in [3.8, 4) is 5.75 Å². The fourth-order valence-electron chi connectivity index (χ4n) is 2.65.